The van der Waals surface area contributed by atoms with Crippen LogP contribution in [0.4, 0.5) is 0 Å². The Bertz CT molecular complexity index is 433. The van der Waals surface area contributed by atoms with E-state index in [4.69, 9.17) is 4.74 Å². The molecule has 0 aliphatic rings. The standard InChI is InChI=1S/C14H18O3/c1-10-5-6-11(2)13(9-10)17-8-7-12(3)14(15)16-4/h5-7,9H,8H2,1-4H3. The van der Waals surface area contributed by atoms with Gasteiger partial charge in [-0.05, 0) is 44.0 Å². The molecular weight excluding hydrogens is 216 g/mol. The molecule has 0 saturated heterocycles. The molecule has 0 amide bonds. The second-order valence-corrected chi connectivity index (χ2v) is 3.96. The first-order valence-corrected chi connectivity index (χ1v) is 5.49. The Morgan fingerprint density at radius 2 is 2.06 bits per heavy atom. The lowest BCUT2D eigenvalue weighted by Crippen LogP contribution is -2.04. The number of hydrogen-bond acceptors (Lipinski definition) is 3. The molecule has 0 bridgehead atoms. The number of hydrogen-bond donors (Lipinski definition) is 0. The van der Waals surface area contributed by atoms with Crippen LogP contribution in [0.1, 0.15) is 18.1 Å². The summed E-state index contributed by atoms with van der Waals surface area (Å²) >= 11 is 0. The molecule has 3 nitrogen and oxygen atoms in total. The first-order valence-electron chi connectivity index (χ1n) is 5.49. The lowest BCUT2D eigenvalue weighted by Gasteiger charge is -2.08. The van der Waals surface area contributed by atoms with Gasteiger partial charge in [0.05, 0.1) is 7.11 Å². The first kappa shape index (κ1) is 13.3. The Morgan fingerprint density at radius 1 is 1.35 bits per heavy atom. The molecule has 92 valence electrons. The third-order valence-corrected chi connectivity index (χ3v) is 2.48. The number of carbonyl (C=O) groups is 1. The fourth-order valence-electron chi connectivity index (χ4n) is 1.36. The molecule has 0 heterocycles. The molecule has 17 heavy (non-hydrogen) atoms. The van der Waals surface area contributed by atoms with Crippen molar-refractivity contribution in [2.75, 3.05) is 13.7 Å². The van der Waals surface area contributed by atoms with Crippen molar-refractivity contribution in [3.05, 3.63) is 41.0 Å². The molecule has 0 atom stereocenters. The zero-order valence-corrected chi connectivity index (χ0v) is 10.7. The predicted molar refractivity (Wildman–Crippen MR) is 67.2 cm³/mol. The van der Waals surface area contributed by atoms with E-state index in [-0.39, 0.29) is 5.97 Å². The number of esters is 1. The van der Waals surface area contributed by atoms with Crippen molar-refractivity contribution in [1.82, 2.24) is 0 Å². The van der Waals surface area contributed by atoms with Gasteiger partial charge in [-0.15, -0.1) is 0 Å². The first-order chi connectivity index (χ1) is 8.04. The van der Waals surface area contributed by atoms with Crippen molar-refractivity contribution >= 4 is 5.97 Å². The van der Waals surface area contributed by atoms with E-state index in [1.54, 1.807) is 13.0 Å². The van der Waals surface area contributed by atoms with Gasteiger partial charge in [-0.2, -0.15) is 0 Å². The Kier molecular flexibility index (Phi) is 4.76. The van der Waals surface area contributed by atoms with Crippen molar-refractivity contribution in [2.45, 2.75) is 20.8 Å². The molecule has 0 aromatic heterocycles. The van der Waals surface area contributed by atoms with Gasteiger partial charge in [0, 0.05) is 5.57 Å². The molecule has 3 heteroatoms. The second-order valence-electron chi connectivity index (χ2n) is 3.96. The number of ether oxygens (including phenoxy) is 2. The summed E-state index contributed by atoms with van der Waals surface area (Å²) in [5.41, 5.74) is 2.79. The molecule has 0 unspecified atom stereocenters. The molecule has 0 fully saturated rings. The summed E-state index contributed by atoms with van der Waals surface area (Å²) in [5, 5.41) is 0. The monoisotopic (exact) mass is 234 g/mol. The molecule has 1 aromatic rings. The number of methoxy groups -OCH3 is 1. The highest BCUT2D eigenvalue weighted by atomic mass is 16.5. The molecule has 0 aliphatic heterocycles. The molecule has 0 saturated carbocycles. The van der Waals surface area contributed by atoms with Gasteiger partial charge < -0.3 is 9.47 Å². The summed E-state index contributed by atoms with van der Waals surface area (Å²) in [6.45, 7) is 6.08. The summed E-state index contributed by atoms with van der Waals surface area (Å²) in [6, 6.07) is 6.04. The van der Waals surface area contributed by atoms with Crippen LogP contribution < -0.4 is 4.74 Å². The number of rotatable bonds is 4. The summed E-state index contributed by atoms with van der Waals surface area (Å²) < 4.78 is 10.2. The van der Waals surface area contributed by atoms with Gasteiger partial charge in [-0.3, -0.25) is 0 Å². The van der Waals surface area contributed by atoms with Gasteiger partial charge in [0.1, 0.15) is 12.4 Å². The minimum atomic E-state index is -0.324. The molecule has 1 aromatic carbocycles. The van der Waals surface area contributed by atoms with Crippen LogP contribution in [0.25, 0.3) is 0 Å². The van der Waals surface area contributed by atoms with Crippen molar-refractivity contribution < 1.29 is 14.3 Å². The van der Waals surface area contributed by atoms with Gasteiger partial charge in [0.2, 0.25) is 0 Å². The van der Waals surface area contributed by atoms with E-state index >= 15 is 0 Å². The third kappa shape index (κ3) is 3.94. The second kappa shape index (κ2) is 6.09. The van der Waals surface area contributed by atoms with E-state index in [9.17, 15) is 4.79 Å². The van der Waals surface area contributed by atoms with Gasteiger partial charge in [0.15, 0.2) is 0 Å². The SMILES string of the molecule is COC(=O)C(C)=CCOc1cc(C)ccc1C. The number of carbonyl (C=O) groups excluding carboxylic acids is 1. The van der Waals surface area contributed by atoms with Gasteiger partial charge in [0.25, 0.3) is 0 Å². The topological polar surface area (TPSA) is 35.5 Å². The lowest BCUT2D eigenvalue weighted by molar-refractivity contribution is -0.136. The Labute approximate surface area is 102 Å². The minimum absolute atomic E-state index is 0.324. The summed E-state index contributed by atoms with van der Waals surface area (Å²) in [7, 11) is 1.37. The van der Waals surface area contributed by atoms with Crippen LogP contribution in [0.15, 0.2) is 29.8 Å². The van der Waals surface area contributed by atoms with Crippen LogP contribution in [-0.4, -0.2) is 19.7 Å². The average molecular weight is 234 g/mol. The van der Waals surface area contributed by atoms with E-state index in [0.29, 0.717) is 12.2 Å². The van der Waals surface area contributed by atoms with Crippen LogP contribution in [-0.2, 0) is 9.53 Å². The van der Waals surface area contributed by atoms with E-state index in [1.165, 1.54) is 7.11 Å². The number of benzene rings is 1. The van der Waals surface area contributed by atoms with Crippen molar-refractivity contribution in [3.63, 3.8) is 0 Å². The third-order valence-electron chi connectivity index (χ3n) is 2.48. The van der Waals surface area contributed by atoms with E-state index in [0.717, 1.165) is 16.9 Å². The van der Waals surface area contributed by atoms with Crippen molar-refractivity contribution in [1.29, 1.82) is 0 Å². The van der Waals surface area contributed by atoms with Crippen LogP contribution >= 0.6 is 0 Å². The molecule has 0 spiro atoms. The highest BCUT2D eigenvalue weighted by molar-refractivity contribution is 5.87. The fourth-order valence-corrected chi connectivity index (χ4v) is 1.36. The van der Waals surface area contributed by atoms with Crippen LogP contribution in [0, 0.1) is 13.8 Å². The molecule has 0 radical (unpaired) electrons. The molecular formula is C14H18O3. The summed E-state index contributed by atoms with van der Waals surface area (Å²) in [6.07, 6.45) is 1.72. The normalized spacial score (nSPS) is 11.2. The van der Waals surface area contributed by atoms with Gasteiger partial charge in [-0.25, -0.2) is 4.79 Å². The van der Waals surface area contributed by atoms with Gasteiger partial charge in [-0.1, -0.05) is 12.1 Å². The zero-order chi connectivity index (χ0) is 12.8. The molecule has 0 N–H and O–H groups in total. The van der Waals surface area contributed by atoms with Crippen molar-refractivity contribution in [2.24, 2.45) is 0 Å². The van der Waals surface area contributed by atoms with Crippen LogP contribution in [0.5, 0.6) is 5.75 Å². The Balaban J connectivity index is 2.62. The summed E-state index contributed by atoms with van der Waals surface area (Å²) in [4.78, 5) is 11.1. The van der Waals surface area contributed by atoms with Crippen molar-refractivity contribution in [3.8, 4) is 5.75 Å². The smallest absolute Gasteiger partial charge is 0.333 e. The highest BCUT2D eigenvalue weighted by Gasteiger charge is 2.03. The zero-order valence-electron chi connectivity index (χ0n) is 10.7. The highest BCUT2D eigenvalue weighted by Crippen LogP contribution is 2.19. The maximum absolute atomic E-state index is 11.1. The Morgan fingerprint density at radius 3 is 2.71 bits per heavy atom. The lowest BCUT2D eigenvalue weighted by atomic mass is 10.1. The van der Waals surface area contributed by atoms with Gasteiger partial charge >= 0.3 is 5.97 Å². The summed E-state index contributed by atoms with van der Waals surface area (Å²) in [5.74, 6) is 0.522. The number of aryl methyl sites for hydroxylation is 2. The van der Waals surface area contributed by atoms with Crippen LogP contribution in [0.3, 0.4) is 0 Å². The maximum Gasteiger partial charge on any atom is 0.333 e. The quantitative estimate of drug-likeness (QED) is 0.593. The fraction of sp³-hybridized carbons (Fsp3) is 0.357. The van der Waals surface area contributed by atoms with E-state index in [2.05, 4.69) is 4.74 Å². The molecule has 1 rings (SSSR count). The molecule has 0 aliphatic carbocycles. The minimum Gasteiger partial charge on any atom is -0.489 e. The van der Waals surface area contributed by atoms with Crippen LogP contribution in [0.2, 0.25) is 0 Å². The largest absolute Gasteiger partial charge is 0.489 e. The maximum atomic E-state index is 11.1. The Hall–Kier alpha value is -1.77. The van der Waals surface area contributed by atoms with E-state index < -0.39 is 0 Å². The average Bonchev–Trinajstić information content (AvgIpc) is 2.32. The van der Waals surface area contributed by atoms with E-state index in [1.807, 2.05) is 32.0 Å². The predicted octanol–water partition coefficient (Wildman–Crippen LogP) is 2.80.